The number of nitrogens with zero attached hydrogens (tertiary/aromatic N) is 3. The van der Waals surface area contributed by atoms with E-state index in [9.17, 15) is 15.0 Å². The lowest BCUT2D eigenvalue weighted by molar-refractivity contribution is 0.0393. The number of benzene rings is 2. The zero-order valence-electron chi connectivity index (χ0n) is 17.4. The van der Waals surface area contributed by atoms with E-state index < -0.39 is 5.97 Å². The lowest BCUT2D eigenvalue weighted by Crippen LogP contribution is -2.39. The van der Waals surface area contributed by atoms with Crippen molar-refractivity contribution in [2.24, 2.45) is 0 Å². The fourth-order valence-corrected chi connectivity index (χ4v) is 3.94. The minimum Gasteiger partial charge on any atom is -0.507 e. The number of anilines is 2. The highest BCUT2D eigenvalue weighted by Crippen LogP contribution is 2.34. The van der Waals surface area contributed by atoms with E-state index in [0.29, 0.717) is 42.3 Å². The number of carboxylic acid groups (broad SMARTS) is 1. The molecule has 3 aromatic rings. The number of hydrogen-bond acceptors (Lipinski definition) is 7. The van der Waals surface area contributed by atoms with Crippen molar-refractivity contribution in [2.75, 3.05) is 30.3 Å². The van der Waals surface area contributed by atoms with Crippen LogP contribution in [0.1, 0.15) is 33.2 Å². The number of nitrogen functional groups attached to an aromatic ring is 1. The molecule has 1 fully saturated rings. The molecule has 0 spiro atoms. The molecule has 0 unspecified atom stereocenters. The van der Waals surface area contributed by atoms with Gasteiger partial charge in [0.25, 0.3) is 0 Å². The molecule has 2 heterocycles. The van der Waals surface area contributed by atoms with Crippen LogP contribution in [0.3, 0.4) is 0 Å². The van der Waals surface area contributed by atoms with Gasteiger partial charge in [-0.25, -0.2) is 4.79 Å². The Balaban J connectivity index is 1.65. The molecular weight excluding hydrogens is 396 g/mol. The van der Waals surface area contributed by atoms with Gasteiger partial charge in [0.1, 0.15) is 11.9 Å². The first-order chi connectivity index (χ1) is 14.9. The van der Waals surface area contributed by atoms with Crippen LogP contribution in [0.2, 0.25) is 0 Å². The van der Waals surface area contributed by atoms with E-state index in [1.807, 2.05) is 32.0 Å². The number of aromatic hydroxyl groups is 1. The van der Waals surface area contributed by atoms with Crippen LogP contribution in [-0.4, -0.2) is 46.1 Å². The summed E-state index contributed by atoms with van der Waals surface area (Å²) in [5, 5.41) is 27.8. The number of para-hydroxylation sites is 1. The molecule has 0 aliphatic carbocycles. The third-order valence-corrected chi connectivity index (χ3v) is 5.79. The Morgan fingerprint density at radius 3 is 2.68 bits per heavy atom. The molecule has 4 rings (SSSR count). The van der Waals surface area contributed by atoms with E-state index in [4.69, 9.17) is 10.5 Å². The topological polar surface area (TPSA) is 122 Å². The van der Waals surface area contributed by atoms with Crippen molar-refractivity contribution in [3.63, 3.8) is 0 Å². The molecule has 160 valence electrons. The Morgan fingerprint density at radius 2 is 1.94 bits per heavy atom. The highest BCUT2D eigenvalue weighted by molar-refractivity contribution is 5.89. The van der Waals surface area contributed by atoms with Crippen molar-refractivity contribution in [2.45, 2.75) is 20.0 Å². The number of phenols is 1. The normalized spacial score (nSPS) is 16.3. The van der Waals surface area contributed by atoms with Crippen molar-refractivity contribution in [3.8, 4) is 17.0 Å². The molecule has 8 nitrogen and oxygen atoms in total. The molecule has 1 atom stereocenters. The molecule has 0 saturated carbocycles. The monoisotopic (exact) mass is 420 g/mol. The van der Waals surface area contributed by atoms with Crippen LogP contribution in [0.5, 0.6) is 5.75 Å². The fraction of sp³-hybridized carbons (Fsp3) is 0.261. The van der Waals surface area contributed by atoms with Crippen molar-refractivity contribution >= 4 is 17.5 Å². The van der Waals surface area contributed by atoms with Gasteiger partial charge in [-0.2, -0.15) is 0 Å². The molecule has 0 radical (unpaired) electrons. The average molecular weight is 420 g/mol. The zero-order valence-corrected chi connectivity index (χ0v) is 17.4. The van der Waals surface area contributed by atoms with Gasteiger partial charge in [-0.05, 0) is 54.8 Å². The van der Waals surface area contributed by atoms with Crippen molar-refractivity contribution < 1.29 is 19.7 Å². The molecule has 8 heteroatoms. The molecule has 1 aliphatic rings. The van der Waals surface area contributed by atoms with Gasteiger partial charge in [0.15, 0.2) is 5.82 Å². The zero-order chi connectivity index (χ0) is 22.1. The molecule has 0 amide bonds. The van der Waals surface area contributed by atoms with E-state index in [0.717, 1.165) is 22.4 Å². The summed E-state index contributed by atoms with van der Waals surface area (Å²) in [6.45, 7) is 5.36. The maximum atomic E-state index is 11.4. The quantitative estimate of drug-likeness (QED) is 0.588. The van der Waals surface area contributed by atoms with Crippen LogP contribution in [-0.2, 0) is 4.74 Å². The molecule has 2 aromatic carbocycles. The predicted octanol–water partition coefficient (Wildman–Crippen LogP) is 3.32. The average Bonchev–Trinajstić information content (AvgIpc) is 2.76. The third-order valence-electron chi connectivity index (χ3n) is 5.79. The van der Waals surface area contributed by atoms with Gasteiger partial charge in [-0.3, -0.25) is 0 Å². The number of aromatic nitrogens is 2. The number of morpholine rings is 1. The SMILES string of the molecule is Cc1c(C(=O)O)ccc([C@H]2CN(c3cc(-c4ccccc4O)nnc3N)CCO2)c1C. The Kier molecular flexibility index (Phi) is 5.48. The second-order valence-corrected chi connectivity index (χ2v) is 7.58. The molecule has 31 heavy (non-hydrogen) atoms. The van der Waals surface area contributed by atoms with E-state index in [1.54, 1.807) is 24.3 Å². The number of nitrogens with two attached hydrogens (primary N) is 1. The van der Waals surface area contributed by atoms with Crippen LogP contribution >= 0.6 is 0 Å². The number of hydrogen-bond donors (Lipinski definition) is 3. The molecule has 1 aromatic heterocycles. The van der Waals surface area contributed by atoms with Gasteiger partial charge >= 0.3 is 5.97 Å². The maximum Gasteiger partial charge on any atom is 0.335 e. The van der Waals surface area contributed by atoms with Gasteiger partial charge < -0.3 is 25.6 Å². The summed E-state index contributed by atoms with van der Waals surface area (Å²) in [6, 6.07) is 12.2. The number of aromatic carboxylic acids is 1. The van der Waals surface area contributed by atoms with Gasteiger partial charge in [0, 0.05) is 18.7 Å². The second kappa shape index (κ2) is 8.23. The summed E-state index contributed by atoms with van der Waals surface area (Å²) in [7, 11) is 0. The first-order valence-corrected chi connectivity index (χ1v) is 9.98. The predicted molar refractivity (Wildman–Crippen MR) is 117 cm³/mol. The largest absolute Gasteiger partial charge is 0.507 e. The summed E-state index contributed by atoms with van der Waals surface area (Å²) < 4.78 is 6.02. The number of rotatable bonds is 4. The molecular formula is C23H24N4O4. The van der Waals surface area contributed by atoms with Crippen molar-refractivity contribution in [1.82, 2.24) is 10.2 Å². The summed E-state index contributed by atoms with van der Waals surface area (Å²) in [4.78, 5) is 13.5. The first-order valence-electron chi connectivity index (χ1n) is 9.98. The molecule has 1 aliphatic heterocycles. The van der Waals surface area contributed by atoms with Crippen LogP contribution in [0, 0.1) is 13.8 Å². The first kappa shape index (κ1) is 20.6. The van der Waals surface area contributed by atoms with Crippen LogP contribution in [0.15, 0.2) is 42.5 Å². The Hall–Kier alpha value is -3.65. The maximum absolute atomic E-state index is 11.4. The Labute approximate surface area is 179 Å². The fourth-order valence-electron chi connectivity index (χ4n) is 3.94. The molecule has 1 saturated heterocycles. The molecule has 4 N–H and O–H groups in total. The lowest BCUT2D eigenvalue weighted by Gasteiger charge is -2.36. The van der Waals surface area contributed by atoms with E-state index >= 15 is 0 Å². The van der Waals surface area contributed by atoms with Crippen LogP contribution in [0.25, 0.3) is 11.3 Å². The number of ether oxygens (including phenoxy) is 1. The third kappa shape index (κ3) is 3.89. The number of phenolic OH excluding ortho intramolecular Hbond substituents is 1. The highest BCUT2D eigenvalue weighted by atomic mass is 16.5. The van der Waals surface area contributed by atoms with Gasteiger partial charge in [0.2, 0.25) is 0 Å². The summed E-state index contributed by atoms with van der Waals surface area (Å²) in [5.41, 5.74) is 10.9. The smallest absolute Gasteiger partial charge is 0.335 e. The van der Waals surface area contributed by atoms with E-state index in [1.165, 1.54) is 0 Å². The minimum atomic E-state index is -0.939. The molecule has 0 bridgehead atoms. The Bertz CT molecular complexity index is 1150. The summed E-state index contributed by atoms with van der Waals surface area (Å²) >= 11 is 0. The van der Waals surface area contributed by atoms with E-state index in [-0.39, 0.29) is 11.9 Å². The van der Waals surface area contributed by atoms with Crippen LogP contribution in [0.4, 0.5) is 11.5 Å². The highest BCUT2D eigenvalue weighted by Gasteiger charge is 2.27. The summed E-state index contributed by atoms with van der Waals surface area (Å²) in [6.07, 6.45) is -0.239. The second-order valence-electron chi connectivity index (χ2n) is 7.58. The Morgan fingerprint density at radius 1 is 1.16 bits per heavy atom. The van der Waals surface area contributed by atoms with E-state index in [2.05, 4.69) is 15.1 Å². The lowest BCUT2D eigenvalue weighted by atomic mass is 9.94. The number of carboxylic acids is 1. The van der Waals surface area contributed by atoms with Crippen LogP contribution < -0.4 is 10.6 Å². The minimum absolute atomic E-state index is 0.122. The van der Waals surface area contributed by atoms with Gasteiger partial charge in [-0.15, -0.1) is 10.2 Å². The van der Waals surface area contributed by atoms with Gasteiger partial charge in [0.05, 0.1) is 23.6 Å². The van der Waals surface area contributed by atoms with Gasteiger partial charge in [-0.1, -0.05) is 18.2 Å². The van der Waals surface area contributed by atoms with Crippen molar-refractivity contribution in [3.05, 3.63) is 64.7 Å². The number of carbonyl (C=O) groups is 1. The van der Waals surface area contributed by atoms with Crippen molar-refractivity contribution in [1.29, 1.82) is 0 Å². The standard InChI is InChI=1S/C23H24N4O4/c1-13-14(2)16(23(29)30)8-7-15(13)21-12-27(9-10-31-21)19-11-18(25-26-22(19)24)17-5-3-4-6-20(17)28/h3-8,11,21,28H,9-10,12H2,1-2H3,(H2,24,26)(H,29,30)/t21-/m1/s1. The summed E-state index contributed by atoms with van der Waals surface area (Å²) in [5.74, 6) is -0.517.